The maximum Gasteiger partial charge on any atom is 0.292 e. The van der Waals surface area contributed by atoms with E-state index >= 15 is 0 Å². The van der Waals surface area contributed by atoms with Crippen LogP contribution in [0, 0.1) is 17.8 Å². The van der Waals surface area contributed by atoms with Gasteiger partial charge in [0.1, 0.15) is 0 Å². The molecule has 0 bridgehead atoms. The first-order valence-corrected chi connectivity index (χ1v) is 10.6. The molecule has 0 saturated carbocycles. The number of hydrogen-bond acceptors (Lipinski definition) is 3. The Hall–Kier alpha value is -2.28. The molecule has 1 saturated heterocycles. The van der Waals surface area contributed by atoms with Gasteiger partial charge < -0.3 is 4.74 Å². The zero-order valence-corrected chi connectivity index (χ0v) is 17.9. The third kappa shape index (κ3) is 5.63. The van der Waals surface area contributed by atoms with E-state index in [0.29, 0.717) is 12.5 Å². The molecule has 1 unspecified atom stereocenters. The van der Waals surface area contributed by atoms with Crippen LogP contribution >= 0.6 is 11.6 Å². The van der Waals surface area contributed by atoms with E-state index in [2.05, 4.69) is 46.6 Å². The molecule has 0 aromatic heterocycles. The molecule has 2 aliphatic rings. The molecule has 4 rings (SSSR count). The maximum absolute atomic E-state index is 8.95. The summed E-state index contributed by atoms with van der Waals surface area (Å²) < 4.78 is 3.86. The summed E-state index contributed by atoms with van der Waals surface area (Å²) in [5.74, 6) is 7.38. The molecule has 4 heteroatoms. The molecule has 1 fully saturated rings. The minimum Gasteiger partial charge on any atom is -0.471 e. The number of hydrogen-bond donors (Lipinski definition) is 0. The third-order valence-corrected chi connectivity index (χ3v) is 6.09. The number of aryl methyl sites for hydroxylation is 1. The van der Waals surface area contributed by atoms with Crippen molar-refractivity contribution < 1.29 is 9.53 Å². The summed E-state index contributed by atoms with van der Waals surface area (Å²) in [6.07, 6.45) is 5.11. The summed E-state index contributed by atoms with van der Waals surface area (Å²) in [5, 5.41) is 0.718. The fourth-order valence-corrected chi connectivity index (χ4v) is 4.28. The van der Waals surface area contributed by atoms with E-state index in [1.165, 1.54) is 57.0 Å². The standard InChI is InChI=1S/C23H24ClN.C2H4O2/c1-17-12-14-25(15-13-17)23-11-9-20-16-18(7-10-21(20)23)6-8-19-4-2-3-5-22(19)24;1-4-2-3/h2-5,7,10,16-17,23H,9,11-15H2,1H3;2H,1H3. The summed E-state index contributed by atoms with van der Waals surface area (Å²) in [6, 6.07) is 15.1. The van der Waals surface area contributed by atoms with Gasteiger partial charge in [0.15, 0.2) is 0 Å². The van der Waals surface area contributed by atoms with Crippen LogP contribution in [0.3, 0.4) is 0 Å². The van der Waals surface area contributed by atoms with Crippen molar-refractivity contribution in [1.29, 1.82) is 0 Å². The Balaban J connectivity index is 0.000000552. The number of fused-ring (bicyclic) bond motifs is 1. The molecule has 0 amide bonds. The van der Waals surface area contributed by atoms with E-state index in [-0.39, 0.29) is 0 Å². The van der Waals surface area contributed by atoms with Crippen molar-refractivity contribution in [3.63, 3.8) is 0 Å². The number of rotatable bonds is 2. The fourth-order valence-electron chi connectivity index (χ4n) is 4.09. The van der Waals surface area contributed by atoms with E-state index in [1.807, 2.05) is 24.3 Å². The Morgan fingerprint density at radius 2 is 1.83 bits per heavy atom. The first-order valence-electron chi connectivity index (χ1n) is 10.2. The van der Waals surface area contributed by atoms with Crippen molar-refractivity contribution in [2.24, 2.45) is 5.92 Å². The van der Waals surface area contributed by atoms with Gasteiger partial charge in [0.05, 0.1) is 12.1 Å². The second kappa shape index (κ2) is 10.5. The van der Waals surface area contributed by atoms with Crippen molar-refractivity contribution in [2.75, 3.05) is 20.2 Å². The summed E-state index contributed by atoms with van der Waals surface area (Å²) in [5.41, 5.74) is 4.99. The third-order valence-electron chi connectivity index (χ3n) is 5.76. The topological polar surface area (TPSA) is 29.5 Å². The number of likely N-dealkylation sites (tertiary alicyclic amines) is 1. The largest absolute Gasteiger partial charge is 0.471 e. The smallest absolute Gasteiger partial charge is 0.292 e. The molecule has 3 nitrogen and oxygen atoms in total. The fraction of sp³-hybridized carbons (Fsp3) is 0.400. The van der Waals surface area contributed by atoms with Crippen molar-refractivity contribution in [3.8, 4) is 11.8 Å². The monoisotopic (exact) mass is 409 g/mol. The Morgan fingerprint density at radius 1 is 1.10 bits per heavy atom. The predicted molar refractivity (Wildman–Crippen MR) is 118 cm³/mol. The molecule has 0 radical (unpaired) electrons. The average Bonchev–Trinajstić information content (AvgIpc) is 3.17. The zero-order valence-electron chi connectivity index (χ0n) is 17.2. The first-order chi connectivity index (χ1) is 14.1. The summed E-state index contributed by atoms with van der Waals surface area (Å²) in [6.45, 7) is 5.25. The van der Waals surface area contributed by atoms with Gasteiger partial charge in [-0.3, -0.25) is 9.69 Å². The number of piperidine rings is 1. The van der Waals surface area contributed by atoms with Gasteiger partial charge in [-0.25, -0.2) is 0 Å². The van der Waals surface area contributed by atoms with Crippen LogP contribution in [-0.2, 0) is 16.0 Å². The van der Waals surface area contributed by atoms with E-state index < -0.39 is 0 Å². The second-order valence-corrected chi connectivity index (χ2v) is 8.16. The zero-order chi connectivity index (χ0) is 20.6. The van der Waals surface area contributed by atoms with Crippen LogP contribution in [0.25, 0.3) is 0 Å². The number of carbonyl (C=O) groups excluding carboxylic acids is 1. The van der Waals surface area contributed by atoms with Gasteiger partial charge in [0, 0.05) is 17.2 Å². The SMILES string of the molecule is CC1CCN(C2CCc3cc(C#Cc4ccccc4Cl)ccc32)CC1.COC=O. The van der Waals surface area contributed by atoms with Gasteiger partial charge >= 0.3 is 0 Å². The van der Waals surface area contributed by atoms with E-state index in [4.69, 9.17) is 16.4 Å². The summed E-state index contributed by atoms with van der Waals surface area (Å²) >= 11 is 6.19. The summed E-state index contributed by atoms with van der Waals surface area (Å²) in [4.78, 5) is 11.6. The normalized spacial score (nSPS) is 18.7. The number of methoxy groups -OCH3 is 1. The molecule has 0 N–H and O–H groups in total. The minimum absolute atomic E-state index is 0.375. The lowest BCUT2D eigenvalue weighted by atomic mass is 9.96. The molecule has 2 aromatic carbocycles. The van der Waals surface area contributed by atoms with Crippen molar-refractivity contribution in [2.45, 2.75) is 38.6 Å². The molecule has 29 heavy (non-hydrogen) atoms. The molecule has 2 aromatic rings. The molecule has 152 valence electrons. The Morgan fingerprint density at radius 3 is 2.52 bits per heavy atom. The van der Waals surface area contributed by atoms with Gasteiger partial charge in [-0.05, 0) is 80.1 Å². The Bertz CT molecular complexity index is 891. The lowest BCUT2D eigenvalue weighted by Crippen LogP contribution is -2.35. The number of halogens is 1. The lowest BCUT2D eigenvalue weighted by molar-refractivity contribution is -0.126. The van der Waals surface area contributed by atoms with Crippen molar-refractivity contribution >= 4 is 18.1 Å². The van der Waals surface area contributed by atoms with Crippen LogP contribution in [0.5, 0.6) is 0 Å². The molecule has 0 spiro atoms. The molecule has 1 atom stereocenters. The van der Waals surface area contributed by atoms with Gasteiger partial charge in [-0.15, -0.1) is 0 Å². The number of ether oxygens (including phenoxy) is 1. The highest BCUT2D eigenvalue weighted by atomic mass is 35.5. The number of nitrogens with zero attached hydrogens (tertiary/aromatic N) is 1. The van der Waals surface area contributed by atoms with E-state index in [9.17, 15) is 0 Å². The predicted octanol–water partition coefficient (Wildman–Crippen LogP) is 5.25. The van der Waals surface area contributed by atoms with Crippen LogP contribution in [0.2, 0.25) is 5.02 Å². The highest BCUT2D eigenvalue weighted by molar-refractivity contribution is 6.31. The highest BCUT2D eigenvalue weighted by Crippen LogP contribution is 2.38. The minimum atomic E-state index is 0.375. The van der Waals surface area contributed by atoms with Crippen LogP contribution < -0.4 is 0 Å². The highest BCUT2D eigenvalue weighted by Gasteiger charge is 2.29. The molecular weight excluding hydrogens is 382 g/mol. The van der Waals surface area contributed by atoms with Gasteiger partial charge in [-0.2, -0.15) is 0 Å². The van der Waals surface area contributed by atoms with Gasteiger partial charge in [0.2, 0.25) is 0 Å². The van der Waals surface area contributed by atoms with Crippen molar-refractivity contribution in [3.05, 3.63) is 69.7 Å². The van der Waals surface area contributed by atoms with Crippen molar-refractivity contribution in [1.82, 2.24) is 4.90 Å². The molecular formula is C25H28ClNO2. The Kier molecular flexibility index (Phi) is 7.75. The van der Waals surface area contributed by atoms with Crippen LogP contribution in [0.4, 0.5) is 0 Å². The van der Waals surface area contributed by atoms with Crippen LogP contribution in [0.15, 0.2) is 42.5 Å². The second-order valence-electron chi connectivity index (χ2n) is 7.75. The van der Waals surface area contributed by atoms with Crippen LogP contribution in [0.1, 0.15) is 54.5 Å². The van der Waals surface area contributed by atoms with E-state index in [0.717, 1.165) is 22.1 Å². The van der Waals surface area contributed by atoms with Crippen LogP contribution in [-0.4, -0.2) is 31.6 Å². The molecule has 1 aliphatic heterocycles. The molecule has 1 heterocycles. The number of carbonyl (C=O) groups is 1. The maximum atomic E-state index is 8.95. The van der Waals surface area contributed by atoms with Gasteiger partial charge in [0.25, 0.3) is 6.47 Å². The van der Waals surface area contributed by atoms with E-state index in [1.54, 1.807) is 0 Å². The molecule has 1 aliphatic carbocycles. The average molecular weight is 410 g/mol. The van der Waals surface area contributed by atoms with Gasteiger partial charge in [-0.1, -0.05) is 48.6 Å². The summed E-state index contributed by atoms with van der Waals surface area (Å²) in [7, 11) is 1.31. The lowest BCUT2D eigenvalue weighted by Gasteiger charge is -2.35. The first kappa shape index (κ1) is 21.4. The number of benzene rings is 2. The quantitative estimate of drug-likeness (QED) is 0.501. The Labute approximate surface area is 179 Å².